The van der Waals surface area contributed by atoms with Gasteiger partial charge in [-0.05, 0) is 30.3 Å². The summed E-state index contributed by atoms with van der Waals surface area (Å²) in [5, 5.41) is 10.6. The fourth-order valence-corrected chi connectivity index (χ4v) is 2.20. The van der Waals surface area contributed by atoms with E-state index in [4.69, 9.17) is 5.26 Å². The zero-order valence-corrected chi connectivity index (χ0v) is 9.82. The van der Waals surface area contributed by atoms with Gasteiger partial charge in [0.05, 0.1) is 5.56 Å². The van der Waals surface area contributed by atoms with Crippen LogP contribution < -0.4 is 0 Å². The SMILES string of the molecule is Cc1ccnc(Sc2nccn2C)c1C#N. The molecule has 2 aromatic rings. The van der Waals surface area contributed by atoms with Crippen molar-refractivity contribution in [2.45, 2.75) is 17.1 Å². The van der Waals surface area contributed by atoms with Gasteiger partial charge in [0.2, 0.25) is 0 Å². The number of rotatable bonds is 2. The zero-order chi connectivity index (χ0) is 11.5. The third-order valence-electron chi connectivity index (χ3n) is 2.20. The molecule has 0 fully saturated rings. The first-order chi connectivity index (χ1) is 7.72. The van der Waals surface area contributed by atoms with Crippen LogP contribution in [0, 0.1) is 18.3 Å². The Balaban J connectivity index is 2.40. The molecule has 0 saturated heterocycles. The van der Waals surface area contributed by atoms with E-state index in [1.54, 1.807) is 12.4 Å². The van der Waals surface area contributed by atoms with Gasteiger partial charge in [-0.15, -0.1) is 0 Å². The number of pyridine rings is 1. The van der Waals surface area contributed by atoms with Gasteiger partial charge < -0.3 is 4.57 Å². The highest BCUT2D eigenvalue weighted by Gasteiger charge is 2.10. The van der Waals surface area contributed by atoms with Crippen molar-refractivity contribution in [3.05, 3.63) is 35.8 Å². The lowest BCUT2D eigenvalue weighted by Gasteiger charge is -2.04. The van der Waals surface area contributed by atoms with Gasteiger partial charge in [0.15, 0.2) is 5.16 Å². The second-order valence-electron chi connectivity index (χ2n) is 3.34. The molecule has 0 aromatic carbocycles. The molecule has 0 N–H and O–H groups in total. The Hall–Kier alpha value is -1.80. The maximum atomic E-state index is 9.07. The standard InChI is InChI=1S/C11H10N4S/c1-8-3-4-13-10(9(8)7-12)16-11-14-5-6-15(11)2/h3-6H,1-2H3. The van der Waals surface area contributed by atoms with Gasteiger partial charge >= 0.3 is 0 Å². The summed E-state index contributed by atoms with van der Waals surface area (Å²) in [5.41, 5.74) is 1.56. The van der Waals surface area contributed by atoms with Crippen LogP contribution in [0.15, 0.2) is 34.8 Å². The molecule has 80 valence electrons. The van der Waals surface area contributed by atoms with Gasteiger partial charge in [-0.3, -0.25) is 0 Å². The smallest absolute Gasteiger partial charge is 0.174 e. The number of nitriles is 1. The number of aryl methyl sites for hydroxylation is 2. The van der Waals surface area contributed by atoms with Crippen LogP contribution in [0.5, 0.6) is 0 Å². The van der Waals surface area contributed by atoms with Crippen molar-refractivity contribution in [1.82, 2.24) is 14.5 Å². The summed E-state index contributed by atoms with van der Waals surface area (Å²) in [6, 6.07) is 4.01. The van der Waals surface area contributed by atoms with Crippen molar-refractivity contribution in [3.63, 3.8) is 0 Å². The zero-order valence-electron chi connectivity index (χ0n) is 9.01. The van der Waals surface area contributed by atoms with E-state index in [2.05, 4.69) is 16.0 Å². The van der Waals surface area contributed by atoms with Crippen molar-refractivity contribution in [2.24, 2.45) is 7.05 Å². The molecular weight excluding hydrogens is 220 g/mol. The Morgan fingerprint density at radius 3 is 2.81 bits per heavy atom. The van der Waals surface area contributed by atoms with E-state index in [1.165, 1.54) is 11.8 Å². The molecular formula is C11H10N4S. The van der Waals surface area contributed by atoms with Crippen LogP contribution in [0.2, 0.25) is 0 Å². The third-order valence-corrected chi connectivity index (χ3v) is 3.28. The van der Waals surface area contributed by atoms with E-state index in [9.17, 15) is 0 Å². The van der Waals surface area contributed by atoms with E-state index in [0.29, 0.717) is 10.6 Å². The molecule has 5 heteroatoms. The minimum Gasteiger partial charge on any atom is -0.329 e. The predicted molar refractivity (Wildman–Crippen MR) is 61.0 cm³/mol. The van der Waals surface area contributed by atoms with Crippen LogP contribution in [0.3, 0.4) is 0 Å². The van der Waals surface area contributed by atoms with Crippen LogP contribution >= 0.6 is 11.8 Å². The van der Waals surface area contributed by atoms with E-state index < -0.39 is 0 Å². The number of nitrogens with zero attached hydrogens (tertiary/aromatic N) is 4. The first kappa shape index (κ1) is 10.7. The van der Waals surface area contributed by atoms with Crippen molar-refractivity contribution in [2.75, 3.05) is 0 Å². The molecule has 16 heavy (non-hydrogen) atoms. The molecule has 0 atom stereocenters. The second-order valence-corrected chi connectivity index (χ2v) is 4.30. The molecule has 0 aliphatic heterocycles. The van der Waals surface area contributed by atoms with E-state index >= 15 is 0 Å². The summed E-state index contributed by atoms with van der Waals surface area (Å²) in [7, 11) is 1.91. The van der Waals surface area contributed by atoms with Gasteiger partial charge in [-0.25, -0.2) is 9.97 Å². The summed E-state index contributed by atoms with van der Waals surface area (Å²) >= 11 is 1.40. The van der Waals surface area contributed by atoms with Crippen molar-refractivity contribution in [1.29, 1.82) is 5.26 Å². The molecule has 0 radical (unpaired) electrons. The lowest BCUT2D eigenvalue weighted by atomic mass is 10.2. The second kappa shape index (κ2) is 4.37. The van der Waals surface area contributed by atoms with Crippen LogP contribution in [-0.4, -0.2) is 14.5 Å². The highest BCUT2D eigenvalue weighted by molar-refractivity contribution is 7.99. The Bertz CT molecular complexity index is 553. The molecule has 0 saturated carbocycles. The Labute approximate surface area is 98.0 Å². The highest BCUT2D eigenvalue weighted by Crippen LogP contribution is 2.27. The topological polar surface area (TPSA) is 54.5 Å². The van der Waals surface area contributed by atoms with Crippen LogP contribution in [0.4, 0.5) is 0 Å². The van der Waals surface area contributed by atoms with E-state index in [-0.39, 0.29) is 0 Å². The average Bonchev–Trinajstić information content (AvgIpc) is 2.65. The predicted octanol–water partition coefficient (Wildman–Crippen LogP) is 2.15. The quantitative estimate of drug-likeness (QED) is 0.793. The normalized spacial score (nSPS) is 10.1. The van der Waals surface area contributed by atoms with Gasteiger partial charge in [0, 0.05) is 25.6 Å². The molecule has 0 amide bonds. The first-order valence-corrected chi connectivity index (χ1v) is 5.55. The maximum absolute atomic E-state index is 9.07. The summed E-state index contributed by atoms with van der Waals surface area (Å²) in [4.78, 5) is 8.41. The highest BCUT2D eigenvalue weighted by atomic mass is 32.2. The fourth-order valence-electron chi connectivity index (χ4n) is 1.28. The number of aromatic nitrogens is 3. The first-order valence-electron chi connectivity index (χ1n) is 4.73. The summed E-state index contributed by atoms with van der Waals surface area (Å²) in [6.07, 6.45) is 5.30. The summed E-state index contributed by atoms with van der Waals surface area (Å²) in [6.45, 7) is 1.91. The summed E-state index contributed by atoms with van der Waals surface area (Å²) in [5.74, 6) is 0. The minimum atomic E-state index is 0.621. The molecule has 2 rings (SSSR count). The van der Waals surface area contributed by atoms with Gasteiger partial charge in [-0.2, -0.15) is 5.26 Å². The Morgan fingerprint density at radius 2 is 2.19 bits per heavy atom. The minimum absolute atomic E-state index is 0.621. The number of hydrogen-bond donors (Lipinski definition) is 0. The molecule has 0 aliphatic carbocycles. The number of imidazole rings is 1. The van der Waals surface area contributed by atoms with Crippen molar-refractivity contribution in [3.8, 4) is 6.07 Å². The Kier molecular flexibility index (Phi) is 2.93. The summed E-state index contributed by atoms with van der Waals surface area (Å²) < 4.78 is 1.90. The molecule has 2 heterocycles. The molecule has 0 aliphatic rings. The van der Waals surface area contributed by atoms with Crippen LogP contribution in [-0.2, 0) is 7.05 Å². The Morgan fingerprint density at radius 1 is 1.38 bits per heavy atom. The van der Waals surface area contributed by atoms with Crippen molar-refractivity contribution >= 4 is 11.8 Å². The molecule has 0 bridgehead atoms. The van der Waals surface area contributed by atoms with Gasteiger partial charge in [-0.1, -0.05) is 0 Å². The van der Waals surface area contributed by atoms with E-state index in [1.807, 2.05) is 30.8 Å². The van der Waals surface area contributed by atoms with Crippen LogP contribution in [0.1, 0.15) is 11.1 Å². The lowest BCUT2D eigenvalue weighted by Crippen LogP contribution is -1.93. The van der Waals surface area contributed by atoms with E-state index in [0.717, 1.165) is 10.7 Å². The number of hydrogen-bond acceptors (Lipinski definition) is 4. The molecule has 0 spiro atoms. The molecule has 4 nitrogen and oxygen atoms in total. The van der Waals surface area contributed by atoms with Gasteiger partial charge in [0.25, 0.3) is 0 Å². The van der Waals surface area contributed by atoms with Crippen molar-refractivity contribution < 1.29 is 0 Å². The monoisotopic (exact) mass is 230 g/mol. The third kappa shape index (κ3) is 1.92. The van der Waals surface area contributed by atoms with Gasteiger partial charge in [0.1, 0.15) is 11.1 Å². The molecule has 2 aromatic heterocycles. The lowest BCUT2D eigenvalue weighted by molar-refractivity contribution is 0.788. The largest absolute Gasteiger partial charge is 0.329 e. The van der Waals surface area contributed by atoms with Crippen LogP contribution in [0.25, 0.3) is 0 Å². The average molecular weight is 230 g/mol. The maximum Gasteiger partial charge on any atom is 0.174 e. The molecule has 0 unspecified atom stereocenters. The fraction of sp³-hybridized carbons (Fsp3) is 0.182.